The number of amides is 2. The van der Waals surface area contributed by atoms with Crippen molar-refractivity contribution in [1.29, 1.82) is 0 Å². The van der Waals surface area contributed by atoms with E-state index in [1.807, 2.05) is 18.4 Å². The van der Waals surface area contributed by atoms with Gasteiger partial charge in [0.15, 0.2) is 0 Å². The molecule has 0 saturated carbocycles. The molecule has 18 heavy (non-hydrogen) atoms. The lowest BCUT2D eigenvalue weighted by atomic mass is 10.3. The number of carbonyl (C=O) groups excluding carboxylic acids is 2. The Kier molecular flexibility index (Phi) is 6.38. The molecule has 0 radical (unpaired) electrons. The molecule has 1 rings (SSSR count). The van der Waals surface area contributed by atoms with Crippen LogP contribution in [0, 0.1) is 0 Å². The lowest BCUT2D eigenvalue weighted by Crippen LogP contribution is -2.27. The molecule has 100 valence electrons. The van der Waals surface area contributed by atoms with Gasteiger partial charge in [-0.2, -0.15) is 0 Å². The van der Waals surface area contributed by atoms with Gasteiger partial charge in [-0.25, -0.2) is 0 Å². The van der Waals surface area contributed by atoms with E-state index in [1.165, 1.54) is 6.92 Å². The zero-order valence-electron chi connectivity index (χ0n) is 10.7. The van der Waals surface area contributed by atoms with Gasteiger partial charge in [0.2, 0.25) is 11.8 Å². The van der Waals surface area contributed by atoms with Crippen LogP contribution in [0.25, 0.3) is 0 Å². The van der Waals surface area contributed by atoms with Crippen LogP contribution in [0.15, 0.2) is 11.4 Å². The summed E-state index contributed by atoms with van der Waals surface area (Å²) < 4.78 is 0. The summed E-state index contributed by atoms with van der Waals surface area (Å²) in [7, 11) is 0. The molecule has 0 bridgehead atoms. The SMILES string of the molecule is CCNC(=O)CCNCc1sccc1NC(C)=O. The first-order chi connectivity index (χ1) is 8.63. The monoisotopic (exact) mass is 269 g/mol. The lowest BCUT2D eigenvalue weighted by Gasteiger charge is -2.06. The number of hydrogen-bond acceptors (Lipinski definition) is 4. The van der Waals surface area contributed by atoms with Crippen molar-refractivity contribution < 1.29 is 9.59 Å². The molecule has 0 atom stereocenters. The van der Waals surface area contributed by atoms with E-state index in [1.54, 1.807) is 11.3 Å². The normalized spacial score (nSPS) is 10.1. The molecule has 0 aliphatic rings. The highest BCUT2D eigenvalue weighted by Gasteiger charge is 2.05. The molecule has 0 aliphatic carbocycles. The Bertz CT molecular complexity index is 404. The highest BCUT2D eigenvalue weighted by atomic mass is 32.1. The third-order valence-electron chi connectivity index (χ3n) is 2.24. The van der Waals surface area contributed by atoms with Crippen molar-refractivity contribution in [2.24, 2.45) is 0 Å². The van der Waals surface area contributed by atoms with Crippen LogP contribution in [0.5, 0.6) is 0 Å². The Morgan fingerprint density at radius 1 is 1.39 bits per heavy atom. The summed E-state index contributed by atoms with van der Waals surface area (Å²) in [6.45, 7) is 5.34. The van der Waals surface area contributed by atoms with Crippen molar-refractivity contribution >= 4 is 28.8 Å². The van der Waals surface area contributed by atoms with Crippen LogP contribution in [-0.2, 0) is 16.1 Å². The molecular weight excluding hydrogens is 250 g/mol. The zero-order chi connectivity index (χ0) is 13.4. The average Bonchev–Trinajstić information content (AvgIpc) is 2.71. The van der Waals surface area contributed by atoms with E-state index in [2.05, 4.69) is 16.0 Å². The fourth-order valence-electron chi connectivity index (χ4n) is 1.47. The minimum Gasteiger partial charge on any atom is -0.356 e. The van der Waals surface area contributed by atoms with E-state index >= 15 is 0 Å². The fourth-order valence-corrected chi connectivity index (χ4v) is 2.27. The van der Waals surface area contributed by atoms with Crippen molar-refractivity contribution in [2.45, 2.75) is 26.8 Å². The maximum absolute atomic E-state index is 11.2. The standard InChI is InChI=1S/C12H19N3O2S/c1-3-14-12(17)4-6-13-8-11-10(5-7-18-11)15-9(2)16/h5,7,13H,3-4,6,8H2,1-2H3,(H,14,17)(H,15,16). The molecule has 0 saturated heterocycles. The zero-order valence-corrected chi connectivity index (χ0v) is 11.5. The third kappa shape index (κ3) is 5.29. The highest BCUT2D eigenvalue weighted by Crippen LogP contribution is 2.21. The summed E-state index contributed by atoms with van der Waals surface area (Å²) in [4.78, 5) is 23.3. The van der Waals surface area contributed by atoms with Gasteiger partial charge in [-0.05, 0) is 18.4 Å². The Morgan fingerprint density at radius 2 is 2.17 bits per heavy atom. The number of rotatable bonds is 7. The van der Waals surface area contributed by atoms with Gasteiger partial charge in [-0.3, -0.25) is 9.59 Å². The molecule has 1 heterocycles. The molecule has 0 fully saturated rings. The van der Waals surface area contributed by atoms with Gasteiger partial charge in [0.1, 0.15) is 0 Å². The van der Waals surface area contributed by atoms with Crippen molar-refractivity contribution in [2.75, 3.05) is 18.4 Å². The van der Waals surface area contributed by atoms with Crippen LogP contribution in [0.3, 0.4) is 0 Å². The van der Waals surface area contributed by atoms with Crippen molar-refractivity contribution in [3.05, 3.63) is 16.3 Å². The maximum Gasteiger partial charge on any atom is 0.221 e. The first kappa shape index (κ1) is 14.7. The van der Waals surface area contributed by atoms with Gasteiger partial charge in [0.25, 0.3) is 0 Å². The van der Waals surface area contributed by atoms with Gasteiger partial charge < -0.3 is 16.0 Å². The molecule has 0 unspecified atom stereocenters. The molecule has 2 amide bonds. The Morgan fingerprint density at radius 3 is 2.83 bits per heavy atom. The van der Waals surface area contributed by atoms with Gasteiger partial charge in [-0.15, -0.1) is 11.3 Å². The van der Waals surface area contributed by atoms with Crippen molar-refractivity contribution in [1.82, 2.24) is 10.6 Å². The number of carbonyl (C=O) groups is 2. The molecule has 0 spiro atoms. The number of anilines is 1. The Labute approximate surface area is 111 Å². The Hall–Kier alpha value is -1.40. The topological polar surface area (TPSA) is 70.2 Å². The van der Waals surface area contributed by atoms with E-state index in [4.69, 9.17) is 0 Å². The van der Waals surface area contributed by atoms with E-state index in [9.17, 15) is 9.59 Å². The van der Waals surface area contributed by atoms with Crippen molar-refractivity contribution in [3.63, 3.8) is 0 Å². The molecule has 6 heteroatoms. The molecule has 5 nitrogen and oxygen atoms in total. The lowest BCUT2D eigenvalue weighted by molar-refractivity contribution is -0.121. The predicted octanol–water partition coefficient (Wildman–Crippen LogP) is 1.32. The first-order valence-electron chi connectivity index (χ1n) is 5.94. The highest BCUT2D eigenvalue weighted by molar-refractivity contribution is 7.10. The van der Waals surface area contributed by atoms with Gasteiger partial charge in [-0.1, -0.05) is 0 Å². The summed E-state index contributed by atoms with van der Waals surface area (Å²) >= 11 is 1.58. The number of hydrogen-bond donors (Lipinski definition) is 3. The summed E-state index contributed by atoms with van der Waals surface area (Å²) in [5, 5.41) is 10.6. The molecule has 3 N–H and O–H groups in total. The maximum atomic E-state index is 11.2. The minimum atomic E-state index is -0.0722. The molecular formula is C12H19N3O2S. The van der Waals surface area contributed by atoms with Crippen LogP contribution in [0.1, 0.15) is 25.1 Å². The second kappa shape index (κ2) is 7.84. The predicted molar refractivity (Wildman–Crippen MR) is 73.6 cm³/mol. The Balaban J connectivity index is 2.29. The number of thiophene rings is 1. The van der Waals surface area contributed by atoms with Crippen molar-refractivity contribution in [3.8, 4) is 0 Å². The summed E-state index contributed by atoms with van der Waals surface area (Å²) in [5.74, 6) is -0.0183. The third-order valence-corrected chi connectivity index (χ3v) is 3.17. The van der Waals surface area contributed by atoms with Crippen LogP contribution in [0.4, 0.5) is 5.69 Å². The molecule has 0 aliphatic heterocycles. The summed E-state index contributed by atoms with van der Waals surface area (Å²) in [5.41, 5.74) is 0.845. The van der Waals surface area contributed by atoms with E-state index in [0.29, 0.717) is 26.1 Å². The fraction of sp³-hybridized carbons (Fsp3) is 0.500. The van der Waals surface area contributed by atoms with Crippen LogP contribution in [-0.4, -0.2) is 24.9 Å². The van der Waals surface area contributed by atoms with E-state index in [0.717, 1.165) is 10.6 Å². The van der Waals surface area contributed by atoms with Gasteiger partial charge >= 0.3 is 0 Å². The quantitative estimate of drug-likeness (QED) is 0.654. The summed E-state index contributed by atoms with van der Waals surface area (Å²) in [6.07, 6.45) is 0.467. The smallest absolute Gasteiger partial charge is 0.221 e. The number of nitrogens with one attached hydrogen (secondary N) is 3. The van der Waals surface area contributed by atoms with Crippen LogP contribution >= 0.6 is 11.3 Å². The van der Waals surface area contributed by atoms with E-state index < -0.39 is 0 Å². The van der Waals surface area contributed by atoms with Gasteiger partial charge in [0, 0.05) is 37.9 Å². The second-order valence-corrected chi connectivity index (χ2v) is 4.82. The average molecular weight is 269 g/mol. The molecule has 1 aromatic rings. The second-order valence-electron chi connectivity index (χ2n) is 3.82. The molecule has 1 aromatic heterocycles. The molecule has 0 aromatic carbocycles. The minimum absolute atomic E-state index is 0.0539. The first-order valence-corrected chi connectivity index (χ1v) is 6.82. The summed E-state index contributed by atoms with van der Waals surface area (Å²) in [6, 6.07) is 1.88. The van der Waals surface area contributed by atoms with Crippen LogP contribution in [0.2, 0.25) is 0 Å². The van der Waals surface area contributed by atoms with Crippen LogP contribution < -0.4 is 16.0 Å². The van der Waals surface area contributed by atoms with Gasteiger partial charge in [0.05, 0.1) is 5.69 Å². The van der Waals surface area contributed by atoms with E-state index in [-0.39, 0.29) is 11.8 Å². The largest absolute Gasteiger partial charge is 0.356 e.